The molecular weight excluding hydrogens is 326 g/mol. The summed E-state index contributed by atoms with van der Waals surface area (Å²) in [4.78, 5) is 12.2. The number of para-hydroxylation sites is 1. The monoisotopic (exact) mass is 341 g/mol. The Hall–Kier alpha value is -2.97. The summed E-state index contributed by atoms with van der Waals surface area (Å²) in [5.74, 6) is 0.0605. The van der Waals surface area contributed by atoms with E-state index in [0.29, 0.717) is 22.1 Å². The first-order chi connectivity index (χ1) is 11.5. The molecule has 122 valence electrons. The number of ether oxygens (including phenoxy) is 1. The van der Waals surface area contributed by atoms with Gasteiger partial charge in [-0.05, 0) is 36.8 Å². The minimum Gasteiger partial charge on any atom is -0.495 e. The van der Waals surface area contributed by atoms with E-state index in [4.69, 9.17) is 16.3 Å². The number of nitrogens with one attached hydrogen (secondary N) is 2. The summed E-state index contributed by atoms with van der Waals surface area (Å²) >= 11 is 6.00. The van der Waals surface area contributed by atoms with Crippen LogP contribution in [-0.2, 0) is 4.79 Å². The smallest absolute Gasteiger partial charge is 0.267 e. The van der Waals surface area contributed by atoms with Crippen molar-refractivity contribution < 1.29 is 9.53 Å². The number of methoxy groups -OCH3 is 1. The fourth-order valence-corrected chi connectivity index (χ4v) is 2.17. The summed E-state index contributed by atoms with van der Waals surface area (Å²) in [5.41, 5.74) is 2.04. The highest BCUT2D eigenvalue weighted by molar-refractivity contribution is 6.33. The normalized spacial score (nSPS) is 10.7. The van der Waals surface area contributed by atoms with Gasteiger partial charge in [0.2, 0.25) is 0 Å². The first-order valence-electron chi connectivity index (χ1n) is 7.12. The van der Waals surface area contributed by atoms with Crippen LogP contribution in [0.1, 0.15) is 5.56 Å². The second-order valence-corrected chi connectivity index (χ2v) is 5.36. The quantitative estimate of drug-likeness (QED) is 0.634. The van der Waals surface area contributed by atoms with Crippen LogP contribution in [0.2, 0.25) is 5.02 Å². The van der Waals surface area contributed by atoms with Crippen LogP contribution >= 0.6 is 11.6 Å². The Labute approximate surface area is 145 Å². The van der Waals surface area contributed by atoms with E-state index in [1.54, 1.807) is 37.4 Å². The topological polar surface area (TPSA) is 74.1 Å². The molecule has 0 atom stereocenters. The Morgan fingerprint density at radius 2 is 2.00 bits per heavy atom. The summed E-state index contributed by atoms with van der Waals surface area (Å²) in [5, 5.41) is 15.2. The Morgan fingerprint density at radius 3 is 2.67 bits per heavy atom. The van der Waals surface area contributed by atoms with Crippen molar-refractivity contribution in [3.8, 4) is 11.8 Å². The van der Waals surface area contributed by atoms with Crippen LogP contribution in [0.25, 0.3) is 0 Å². The molecule has 0 heterocycles. The molecule has 2 aromatic rings. The fourth-order valence-electron chi connectivity index (χ4n) is 1.99. The number of carbonyl (C=O) groups is 1. The van der Waals surface area contributed by atoms with E-state index in [-0.39, 0.29) is 5.57 Å². The largest absolute Gasteiger partial charge is 0.495 e. The minimum absolute atomic E-state index is 0.0847. The van der Waals surface area contributed by atoms with Crippen LogP contribution in [-0.4, -0.2) is 13.0 Å². The lowest BCUT2D eigenvalue weighted by Crippen LogP contribution is -2.14. The van der Waals surface area contributed by atoms with Crippen LogP contribution in [0, 0.1) is 18.3 Å². The standard InChI is InChI=1S/C18H16ClN3O2/c1-12-7-8-17(24-2)16(9-12)21-11-13(10-20)18(23)22-15-6-4-3-5-14(15)19/h3-9,11,21H,1-2H3,(H,22,23)/b13-11-. The molecule has 0 aliphatic heterocycles. The van der Waals surface area contributed by atoms with Crippen molar-refractivity contribution in [2.45, 2.75) is 6.92 Å². The number of nitriles is 1. The number of hydrogen-bond donors (Lipinski definition) is 2. The summed E-state index contributed by atoms with van der Waals surface area (Å²) in [7, 11) is 1.55. The van der Waals surface area contributed by atoms with Crippen LogP contribution in [0.4, 0.5) is 11.4 Å². The average molecular weight is 342 g/mol. The number of anilines is 2. The minimum atomic E-state index is -0.551. The molecule has 0 aliphatic rings. The molecule has 5 nitrogen and oxygen atoms in total. The zero-order valence-electron chi connectivity index (χ0n) is 13.3. The molecule has 2 rings (SSSR count). The predicted octanol–water partition coefficient (Wildman–Crippen LogP) is 4.12. The average Bonchev–Trinajstić information content (AvgIpc) is 2.57. The Balaban J connectivity index is 2.18. The number of carbonyl (C=O) groups excluding carboxylic acids is 1. The van der Waals surface area contributed by atoms with Gasteiger partial charge in [0, 0.05) is 6.20 Å². The van der Waals surface area contributed by atoms with E-state index in [1.807, 2.05) is 25.1 Å². The van der Waals surface area contributed by atoms with Gasteiger partial charge in [-0.3, -0.25) is 4.79 Å². The third kappa shape index (κ3) is 4.28. The molecule has 0 unspecified atom stereocenters. The zero-order chi connectivity index (χ0) is 17.5. The summed E-state index contributed by atoms with van der Waals surface area (Å²) in [6.45, 7) is 1.93. The summed E-state index contributed by atoms with van der Waals surface area (Å²) < 4.78 is 5.25. The van der Waals surface area contributed by atoms with Gasteiger partial charge in [-0.1, -0.05) is 29.8 Å². The van der Waals surface area contributed by atoms with Crippen molar-refractivity contribution in [3.05, 3.63) is 64.8 Å². The SMILES string of the molecule is COc1ccc(C)cc1N/C=C(/C#N)C(=O)Nc1ccccc1Cl. The van der Waals surface area contributed by atoms with Crippen LogP contribution in [0.15, 0.2) is 54.2 Å². The molecule has 0 spiro atoms. The number of aryl methyl sites for hydroxylation is 1. The van der Waals surface area contributed by atoms with Gasteiger partial charge >= 0.3 is 0 Å². The van der Waals surface area contributed by atoms with Crippen LogP contribution in [0.3, 0.4) is 0 Å². The van der Waals surface area contributed by atoms with Crippen molar-refractivity contribution in [1.29, 1.82) is 5.26 Å². The lowest BCUT2D eigenvalue weighted by atomic mass is 10.2. The Morgan fingerprint density at radius 1 is 1.25 bits per heavy atom. The highest BCUT2D eigenvalue weighted by atomic mass is 35.5. The molecule has 2 aromatic carbocycles. The first kappa shape index (κ1) is 17.4. The van der Waals surface area contributed by atoms with Gasteiger partial charge in [0.1, 0.15) is 17.4 Å². The maximum Gasteiger partial charge on any atom is 0.267 e. The lowest BCUT2D eigenvalue weighted by Gasteiger charge is -2.10. The van der Waals surface area contributed by atoms with Crippen molar-refractivity contribution in [3.63, 3.8) is 0 Å². The predicted molar refractivity (Wildman–Crippen MR) is 95.1 cm³/mol. The third-order valence-corrected chi connectivity index (χ3v) is 3.54. The van der Waals surface area contributed by atoms with E-state index in [1.165, 1.54) is 6.20 Å². The summed E-state index contributed by atoms with van der Waals surface area (Å²) in [6, 6.07) is 14.2. The zero-order valence-corrected chi connectivity index (χ0v) is 14.0. The fraction of sp³-hybridized carbons (Fsp3) is 0.111. The molecule has 0 bridgehead atoms. The number of benzene rings is 2. The molecule has 0 saturated heterocycles. The number of amides is 1. The number of halogens is 1. The number of rotatable bonds is 5. The van der Waals surface area contributed by atoms with Gasteiger partial charge in [-0.25, -0.2) is 0 Å². The Kier molecular flexibility index (Phi) is 5.83. The summed E-state index contributed by atoms with van der Waals surface area (Å²) in [6.07, 6.45) is 1.34. The van der Waals surface area contributed by atoms with Gasteiger partial charge in [0.25, 0.3) is 5.91 Å². The molecule has 0 aliphatic carbocycles. The molecule has 0 fully saturated rings. The second-order valence-electron chi connectivity index (χ2n) is 4.95. The van der Waals surface area contributed by atoms with E-state index >= 15 is 0 Å². The number of nitrogens with zero attached hydrogens (tertiary/aromatic N) is 1. The van der Waals surface area contributed by atoms with Crippen LogP contribution < -0.4 is 15.4 Å². The second kappa shape index (κ2) is 8.04. The van der Waals surface area contributed by atoms with Gasteiger partial charge in [-0.2, -0.15) is 5.26 Å². The van der Waals surface area contributed by atoms with Crippen LogP contribution in [0.5, 0.6) is 5.75 Å². The van der Waals surface area contributed by atoms with E-state index in [9.17, 15) is 10.1 Å². The Bertz CT molecular complexity index is 825. The molecular formula is C18H16ClN3O2. The lowest BCUT2D eigenvalue weighted by molar-refractivity contribution is -0.112. The van der Waals surface area contributed by atoms with Crippen molar-refractivity contribution in [2.75, 3.05) is 17.7 Å². The van der Waals surface area contributed by atoms with Gasteiger partial charge in [-0.15, -0.1) is 0 Å². The highest BCUT2D eigenvalue weighted by Crippen LogP contribution is 2.25. The highest BCUT2D eigenvalue weighted by Gasteiger charge is 2.11. The first-order valence-corrected chi connectivity index (χ1v) is 7.50. The molecule has 2 N–H and O–H groups in total. The number of hydrogen-bond acceptors (Lipinski definition) is 4. The van der Waals surface area contributed by atoms with E-state index in [0.717, 1.165) is 5.56 Å². The van der Waals surface area contributed by atoms with Gasteiger partial charge in [0.05, 0.1) is 23.5 Å². The molecule has 1 amide bonds. The maximum absolute atomic E-state index is 12.2. The maximum atomic E-state index is 12.2. The third-order valence-electron chi connectivity index (χ3n) is 3.21. The molecule has 0 aromatic heterocycles. The van der Waals surface area contributed by atoms with Crippen molar-refractivity contribution >= 4 is 28.9 Å². The molecule has 0 saturated carbocycles. The van der Waals surface area contributed by atoms with Crippen molar-refractivity contribution in [2.24, 2.45) is 0 Å². The van der Waals surface area contributed by atoms with Gasteiger partial charge < -0.3 is 15.4 Å². The van der Waals surface area contributed by atoms with Gasteiger partial charge in [0.15, 0.2) is 0 Å². The molecule has 6 heteroatoms. The van der Waals surface area contributed by atoms with E-state index in [2.05, 4.69) is 10.6 Å². The van der Waals surface area contributed by atoms with E-state index < -0.39 is 5.91 Å². The molecule has 0 radical (unpaired) electrons. The van der Waals surface area contributed by atoms with Crippen molar-refractivity contribution in [1.82, 2.24) is 0 Å². The molecule has 24 heavy (non-hydrogen) atoms.